The van der Waals surface area contributed by atoms with E-state index >= 15 is 0 Å². The van der Waals surface area contributed by atoms with Crippen molar-refractivity contribution >= 4 is 38.9 Å². The van der Waals surface area contributed by atoms with Crippen LogP contribution in [0.1, 0.15) is 21.7 Å². The first kappa shape index (κ1) is 12.3. The Bertz CT molecular complexity index is 301. The van der Waals surface area contributed by atoms with Crippen LogP contribution in [0, 0.1) is 6.92 Å². The number of rotatable bonds is 2. The molecule has 0 saturated heterocycles. The van der Waals surface area contributed by atoms with Gasteiger partial charge in [0.1, 0.15) is 0 Å². The summed E-state index contributed by atoms with van der Waals surface area (Å²) >= 11 is 9.94. The van der Waals surface area contributed by atoms with E-state index in [4.69, 9.17) is 11.6 Å². The second kappa shape index (κ2) is 4.41. The van der Waals surface area contributed by atoms with E-state index in [0.29, 0.717) is 9.21 Å². The average molecular weight is 308 g/mol. The number of hydrogen-bond acceptors (Lipinski definition) is 1. The van der Waals surface area contributed by atoms with E-state index in [1.807, 2.05) is 0 Å². The highest BCUT2D eigenvalue weighted by atomic mass is 79.9. The third kappa shape index (κ3) is 3.44. The number of alkyl halides is 4. The van der Waals surface area contributed by atoms with Crippen LogP contribution in [0.15, 0.2) is 6.07 Å². The van der Waals surface area contributed by atoms with Crippen LogP contribution in [0.4, 0.5) is 13.2 Å². The van der Waals surface area contributed by atoms with Crippen LogP contribution in [-0.2, 0) is 0 Å². The van der Waals surface area contributed by atoms with Gasteiger partial charge in [-0.1, -0.05) is 27.5 Å². The van der Waals surface area contributed by atoms with E-state index in [2.05, 4.69) is 15.9 Å². The lowest BCUT2D eigenvalue weighted by molar-refractivity contribution is -0.134. The molecule has 0 aliphatic rings. The largest absolute Gasteiger partial charge is 0.390 e. The first-order chi connectivity index (χ1) is 6.29. The number of hydrogen-bond donors (Lipinski definition) is 0. The van der Waals surface area contributed by atoms with Gasteiger partial charge in [0, 0.05) is 4.88 Å². The summed E-state index contributed by atoms with van der Waals surface area (Å²) in [6.45, 7) is 1.77. The van der Waals surface area contributed by atoms with Crippen LogP contribution in [0.2, 0.25) is 4.34 Å². The van der Waals surface area contributed by atoms with Gasteiger partial charge in [0.25, 0.3) is 0 Å². The molecule has 0 aliphatic heterocycles. The molecule has 0 spiro atoms. The monoisotopic (exact) mass is 306 g/mol. The van der Waals surface area contributed by atoms with Crippen LogP contribution >= 0.6 is 38.9 Å². The molecule has 1 rings (SSSR count). The van der Waals surface area contributed by atoms with Crippen LogP contribution in [0.5, 0.6) is 0 Å². The zero-order valence-electron chi connectivity index (χ0n) is 7.16. The number of thiophene rings is 1. The van der Waals surface area contributed by atoms with E-state index in [1.165, 1.54) is 11.3 Å². The van der Waals surface area contributed by atoms with E-state index in [-0.39, 0.29) is 0 Å². The SMILES string of the molecule is Cc1cc(C(Br)CC(F)(F)F)sc1Cl. The summed E-state index contributed by atoms with van der Waals surface area (Å²) < 4.78 is 36.7. The predicted molar refractivity (Wildman–Crippen MR) is 56.4 cm³/mol. The lowest BCUT2D eigenvalue weighted by Gasteiger charge is -2.10. The zero-order chi connectivity index (χ0) is 10.9. The second-order valence-electron chi connectivity index (χ2n) is 2.89. The van der Waals surface area contributed by atoms with Gasteiger partial charge in [-0.25, -0.2) is 0 Å². The maximum Gasteiger partial charge on any atom is 0.390 e. The van der Waals surface area contributed by atoms with E-state index < -0.39 is 17.4 Å². The molecule has 0 amide bonds. The van der Waals surface area contributed by atoms with Crippen LogP contribution in [-0.4, -0.2) is 6.18 Å². The van der Waals surface area contributed by atoms with Gasteiger partial charge >= 0.3 is 6.18 Å². The molecule has 0 saturated carbocycles. The predicted octanol–water partition coefficient (Wildman–Crippen LogP) is 5.10. The van der Waals surface area contributed by atoms with Gasteiger partial charge in [-0.15, -0.1) is 11.3 Å². The summed E-state index contributed by atoms with van der Waals surface area (Å²) in [5.74, 6) is 0. The summed E-state index contributed by atoms with van der Waals surface area (Å²) in [6.07, 6.45) is -5.03. The molecule has 80 valence electrons. The van der Waals surface area contributed by atoms with Gasteiger partial charge in [-0.05, 0) is 18.6 Å². The lowest BCUT2D eigenvalue weighted by atomic mass is 10.2. The van der Waals surface area contributed by atoms with E-state index in [9.17, 15) is 13.2 Å². The summed E-state index contributed by atoms with van der Waals surface area (Å²) in [7, 11) is 0. The quantitative estimate of drug-likeness (QED) is 0.667. The molecule has 0 radical (unpaired) electrons. The molecule has 0 N–H and O–H groups in total. The smallest absolute Gasteiger partial charge is 0.171 e. The van der Waals surface area contributed by atoms with Crippen molar-refractivity contribution in [3.8, 4) is 0 Å². The van der Waals surface area contributed by atoms with Crippen molar-refractivity contribution in [1.82, 2.24) is 0 Å². The lowest BCUT2D eigenvalue weighted by Crippen LogP contribution is -2.09. The van der Waals surface area contributed by atoms with Gasteiger partial charge in [-0.2, -0.15) is 13.2 Å². The van der Waals surface area contributed by atoms with Gasteiger partial charge in [0.05, 0.1) is 15.6 Å². The van der Waals surface area contributed by atoms with Crippen molar-refractivity contribution < 1.29 is 13.2 Å². The molecule has 14 heavy (non-hydrogen) atoms. The second-order valence-corrected chi connectivity index (χ2v) is 5.68. The summed E-state index contributed by atoms with van der Waals surface area (Å²) in [5.41, 5.74) is 0.818. The Balaban J connectivity index is 2.75. The molecule has 1 aromatic heterocycles. The van der Waals surface area contributed by atoms with Crippen molar-refractivity contribution in [2.45, 2.75) is 24.3 Å². The topological polar surface area (TPSA) is 0 Å². The average Bonchev–Trinajstić information content (AvgIpc) is 2.28. The molecule has 1 atom stereocenters. The fraction of sp³-hybridized carbons (Fsp3) is 0.500. The van der Waals surface area contributed by atoms with Crippen molar-refractivity contribution in [3.63, 3.8) is 0 Å². The Kier molecular flexibility index (Phi) is 3.88. The van der Waals surface area contributed by atoms with Crippen LogP contribution < -0.4 is 0 Å². The molecule has 0 aromatic carbocycles. The molecule has 1 aromatic rings. The Morgan fingerprint density at radius 3 is 2.50 bits per heavy atom. The number of aryl methyl sites for hydroxylation is 1. The van der Waals surface area contributed by atoms with Gasteiger partial charge in [-0.3, -0.25) is 0 Å². The van der Waals surface area contributed by atoms with E-state index in [1.54, 1.807) is 13.0 Å². The highest BCUT2D eigenvalue weighted by Gasteiger charge is 2.32. The standard InChI is InChI=1S/C8H7BrClF3S/c1-4-2-6(14-7(4)10)5(9)3-8(11,12)13/h2,5H,3H2,1H3. The third-order valence-electron chi connectivity index (χ3n) is 1.60. The number of halogens is 5. The van der Waals surface area contributed by atoms with Crippen molar-refractivity contribution in [2.24, 2.45) is 0 Å². The highest BCUT2D eigenvalue weighted by molar-refractivity contribution is 9.09. The first-order valence-corrected chi connectivity index (χ1v) is 5.87. The van der Waals surface area contributed by atoms with Crippen molar-refractivity contribution in [3.05, 3.63) is 20.8 Å². The minimum absolute atomic E-state index is 0.548. The maximum atomic E-state index is 12.0. The minimum Gasteiger partial charge on any atom is -0.171 e. The summed E-state index contributed by atoms with van der Waals surface area (Å²) in [5, 5.41) is 0. The third-order valence-corrected chi connectivity index (χ3v) is 4.38. The molecule has 1 heterocycles. The van der Waals surface area contributed by atoms with Crippen LogP contribution in [0.25, 0.3) is 0 Å². The van der Waals surface area contributed by atoms with Crippen LogP contribution in [0.3, 0.4) is 0 Å². The Hall–Kier alpha value is 0.260. The van der Waals surface area contributed by atoms with Crippen molar-refractivity contribution in [1.29, 1.82) is 0 Å². The minimum atomic E-state index is -4.15. The molecular formula is C8H7BrClF3S. The molecule has 0 nitrogen and oxygen atoms in total. The Labute approximate surface area is 97.2 Å². The molecule has 6 heteroatoms. The Morgan fingerprint density at radius 1 is 1.57 bits per heavy atom. The molecule has 0 bridgehead atoms. The molecule has 0 fully saturated rings. The normalized spacial score (nSPS) is 14.4. The van der Waals surface area contributed by atoms with Gasteiger partial charge in [0.15, 0.2) is 0 Å². The van der Waals surface area contributed by atoms with Crippen molar-refractivity contribution in [2.75, 3.05) is 0 Å². The zero-order valence-corrected chi connectivity index (χ0v) is 10.3. The fourth-order valence-electron chi connectivity index (χ4n) is 0.942. The molecule has 1 unspecified atom stereocenters. The maximum absolute atomic E-state index is 12.0. The summed E-state index contributed by atoms with van der Waals surface area (Å²) in [6, 6.07) is 1.68. The van der Waals surface area contributed by atoms with Gasteiger partial charge < -0.3 is 0 Å². The highest BCUT2D eigenvalue weighted by Crippen LogP contribution is 2.40. The Morgan fingerprint density at radius 2 is 2.14 bits per heavy atom. The fourth-order valence-corrected chi connectivity index (χ4v) is 2.92. The molecular weight excluding hydrogens is 301 g/mol. The first-order valence-electron chi connectivity index (χ1n) is 3.76. The van der Waals surface area contributed by atoms with E-state index in [0.717, 1.165) is 5.56 Å². The van der Waals surface area contributed by atoms with Gasteiger partial charge in [0.2, 0.25) is 0 Å². The molecule has 0 aliphatic carbocycles. The summed E-state index contributed by atoms with van der Waals surface area (Å²) in [4.78, 5) is -0.0801.